The summed E-state index contributed by atoms with van der Waals surface area (Å²) in [5.74, 6) is 1.02. The Hall–Kier alpha value is -0.950. The maximum atomic E-state index is 12.0. The molecule has 4 fully saturated rings. The molecule has 6 heteroatoms. The summed E-state index contributed by atoms with van der Waals surface area (Å²) < 4.78 is 11.9. The molecule has 0 radical (unpaired) electrons. The molecule has 3 saturated carbocycles. The second-order valence-corrected chi connectivity index (χ2v) is 15.5. The third-order valence-electron chi connectivity index (χ3n) is 12.6. The Morgan fingerprint density at radius 2 is 1.74 bits per heavy atom. The van der Waals surface area contributed by atoms with E-state index in [0.29, 0.717) is 24.9 Å². The Labute approximate surface area is 229 Å². The number of allylic oxidation sites excluding steroid dienone is 1. The van der Waals surface area contributed by atoms with E-state index < -0.39 is 23.9 Å². The SMILES string of the molecule is CC(=O)O[C@@H]1CC[C@]2(C)[C@H]3CC[C@]4(C)C(=CC[C@@H]4[C@H]4CO[C@H](C(C)(C)O)[C@H](O)C4)[C@]3(C)[C@H](O)C[C@H]2C1(C)C. The van der Waals surface area contributed by atoms with Crippen molar-refractivity contribution in [2.24, 2.45) is 45.3 Å². The molecule has 1 aliphatic heterocycles. The van der Waals surface area contributed by atoms with Crippen LogP contribution in [0.1, 0.15) is 100 Å². The Kier molecular flexibility index (Phi) is 6.79. The van der Waals surface area contributed by atoms with E-state index >= 15 is 0 Å². The van der Waals surface area contributed by atoms with Crippen LogP contribution in [0, 0.1) is 45.3 Å². The minimum Gasteiger partial charge on any atom is -0.462 e. The van der Waals surface area contributed by atoms with Gasteiger partial charge in [0.15, 0.2) is 0 Å². The molecule has 5 rings (SSSR count). The first-order valence-corrected chi connectivity index (χ1v) is 15.1. The highest BCUT2D eigenvalue weighted by atomic mass is 16.5. The molecule has 3 N–H and O–H groups in total. The molecule has 5 aliphatic rings. The van der Waals surface area contributed by atoms with E-state index in [9.17, 15) is 20.1 Å². The van der Waals surface area contributed by atoms with Crippen molar-refractivity contribution in [1.29, 1.82) is 0 Å². The number of fused-ring (bicyclic) bond motifs is 5. The van der Waals surface area contributed by atoms with Crippen molar-refractivity contribution >= 4 is 5.97 Å². The summed E-state index contributed by atoms with van der Waals surface area (Å²) in [4.78, 5) is 11.9. The van der Waals surface area contributed by atoms with Gasteiger partial charge in [-0.05, 0) is 93.3 Å². The van der Waals surface area contributed by atoms with Crippen molar-refractivity contribution < 1.29 is 29.6 Å². The third-order valence-corrected chi connectivity index (χ3v) is 12.6. The van der Waals surface area contributed by atoms with E-state index in [1.54, 1.807) is 13.8 Å². The predicted octanol–water partition coefficient (Wildman–Crippen LogP) is 5.03. The average Bonchev–Trinajstić information content (AvgIpc) is 3.15. The van der Waals surface area contributed by atoms with Gasteiger partial charge in [-0.25, -0.2) is 0 Å². The molecule has 11 atom stereocenters. The molecule has 1 saturated heterocycles. The summed E-state index contributed by atoms with van der Waals surface area (Å²) in [6.45, 7) is 17.1. The first-order valence-electron chi connectivity index (χ1n) is 15.1. The van der Waals surface area contributed by atoms with Crippen LogP contribution in [0.25, 0.3) is 0 Å². The molecule has 38 heavy (non-hydrogen) atoms. The van der Waals surface area contributed by atoms with E-state index in [1.165, 1.54) is 12.5 Å². The number of aliphatic hydroxyl groups excluding tert-OH is 2. The third kappa shape index (κ3) is 3.98. The lowest BCUT2D eigenvalue weighted by Crippen LogP contribution is -2.65. The quantitative estimate of drug-likeness (QED) is 0.349. The van der Waals surface area contributed by atoms with Crippen LogP contribution < -0.4 is 0 Å². The zero-order valence-corrected chi connectivity index (χ0v) is 24.9. The predicted molar refractivity (Wildman–Crippen MR) is 146 cm³/mol. The number of ether oxygens (including phenoxy) is 2. The second-order valence-electron chi connectivity index (χ2n) is 15.5. The van der Waals surface area contributed by atoms with Crippen molar-refractivity contribution in [3.8, 4) is 0 Å². The molecule has 0 unspecified atom stereocenters. The highest BCUT2D eigenvalue weighted by molar-refractivity contribution is 5.66. The number of hydrogen-bond acceptors (Lipinski definition) is 6. The topological polar surface area (TPSA) is 96.2 Å². The van der Waals surface area contributed by atoms with Gasteiger partial charge in [0.1, 0.15) is 12.2 Å². The maximum Gasteiger partial charge on any atom is 0.302 e. The molecule has 0 aromatic rings. The highest BCUT2D eigenvalue weighted by Crippen LogP contribution is 2.73. The fourth-order valence-corrected chi connectivity index (χ4v) is 10.9. The molecule has 0 aromatic carbocycles. The van der Waals surface area contributed by atoms with Gasteiger partial charge in [-0.15, -0.1) is 0 Å². The molecule has 1 heterocycles. The largest absolute Gasteiger partial charge is 0.462 e. The van der Waals surface area contributed by atoms with Crippen molar-refractivity contribution in [2.45, 2.75) is 130 Å². The lowest BCUT2D eigenvalue weighted by atomic mass is 9.37. The van der Waals surface area contributed by atoms with Gasteiger partial charge in [0, 0.05) is 17.8 Å². The monoisotopic (exact) mass is 532 g/mol. The molecule has 216 valence electrons. The number of carbonyl (C=O) groups is 1. The minimum atomic E-state index is -1.07. The summed E-state index contributed by atoms with van der Waals surface area (Å²) in [6, 6.07) is 0. The first-order chi connectivity index (χ1) is 17.5. The Morgan fingerprint density at radius 3 is 2.34 bits per heavy atom. The normalized spacial score (nSPS) is 50.3. The summed E-state index contributed by atoms with van der Waals surface area (Å²) in [5, 5.41) is 33.4. The van der Waals surface area contributed by atoms with Gasteiger partial charge in [0.25, 0.3) is 0 Å². The number of hydrogen-bond donors (Lipinski definition) is 3. The fourth-order valence-electron chi connectivity index (χ4n) is 10.9. The van der Waals surface area contributed by atoms with Crippen LogP contribution in [0.15, 0.2) is 11.6 Å². The van der Waals surface area contributed by atoms with Crippen LogP contribution in [0.5, 0.6) is 0 Å². The van der Waals surface area contributed by atoms with E-state index in [4.69, 9.17) is 9.47 Å². The van der Waals surface area contributed by atoms with Gasteiger partial charge in [-0.3, -0.25) is 4.79 Å². The molecule has 4 aliphatic carbocycles. The van der Waals surface area contributed by atoms with Crippen LogP contribution in [-0.2, 0) is 14.3 Å². The number of aliphatic hydroxyl groups is 3. The number of carbonyl (C=O) groups excluding carboxylic acids is 1. The van der Waals surface area contributed by atoms with Crippen molar-refractivity contribution in [3.05, 3.63) is 11.6 Å². The van der Waals surface area contributed by atoms with Gasteiger partial charge in [0.2, 0.25) is 0 Å². The molecule has 0 amide bonds. The molecule has 6 nitrogen and oxygen atoms in total. The average molecular weight is 533 g/mol. The van der Waals surface area contributed by atoms with Crippen molar-refractivity contribution in [2.75, 3.05) is 6.61 Å². The number of esters is 1. The van der Waals surface area contributed by atoms with Crippen LogP contribution in [-0.4, -0.2) is 57.9 Å². The molecule has 0 aromatic heterocycles. The van der Waals surface area contributed by atoms with Crippen LogP contribution in [0.4, 0.5) is 0 Å². The molecular formula is C32H52O6. The van der Waals surface area contributed by atoms with Gasteiger partial charge in [0.05, 0.1) is 24.4 Å². The Bertz CT molecular complexity index is 981. The van der Waals surface area contributed by atoms with Crippen molar-refractivity contribution in [1.82, 2.24) is 0 Å². The Morgan fingerprint density at radius 1 is 1.05 bits per heavy atom. The minimum absolute atomic E-state index is 0.0325. The maximum absolute atomic E-state index is 12.0. The van der Waals surface area contributed by atoms with E-state index in [-0.39, 0.29) is 45.6 Å². The van der Waals surface area contributed by atoms with Crippen LogP contribution >= 0.6 is 0 Å². The van der Waals surface area contributed by atoms with E-state index in [1.807, 2.05) is 0 Å². The summed E-state index contributed by atoms with van der Waals surface area (Å²) in [6.07, 6.45) is 7.01. The molecule has 0 spiro atoms. The first kappa shape index (κ1) is 28.6. The Balaban J connectivity index is 1.41. The zero-order valence-electron chi connectivity index (χ0n) is 24.9. The standard InChI is InChI=1S/C32H52O6/c1-18(33)38-26-12-14-31(7)23-11-13-30(6)20(19-15-21(34)27(37-17-19)29(4,5)36)9-10-22(30)32(23,8)25(35)16-24(31)28(26,2)3/h10,19-21,23-27,34-36H,9,11-17H2,1-8H3/t19-,20-,21-,23-,24+,25-,26-,27+,30+,31-,32+/m1/s1. The van der Waals surface area contributed by atoms with Crippen LogP contribution in [0.3, 0.4) is 0 Å². The zero-order chi connectivity index (χ0) is 28.1. The molecule has 0 bridgehead atoms. The lowest BCUT2D eigenvalue weighted by molar-refractivity contribution is -0.221. The number of rotatable bonds is 3. The summed E-state index contributed by atoms with van der Waals surface area (Å²) >= 11 is 0. The summed E-state index contributed by atoms with van der Waals surface area (Å²) in [7, 11) is 0. The van der Waals surface area contributed by atoms with Gasteiger partial charge in [-0.2, -0.15) is 0 Å². The smallest absolute Gasteiger partial charge is 0.302 e. The lowest BCUT2D eigenvalue weighted by Gasteiger charge is -2.68. The van der Waals surface area contributed by atoms with Crippen molar-refractivity contribution in [3.63, 3.8) is 0 Å². The van der Waals surface area contributed by atoms with E-state index in [2.05, 4.69) is 40.7 Å². The summed E-state index contributed by atoms with van der Waals surface area (Å²) in [5.41, 5.74) is -0.0906. The van der Waals surface area contributed by atoms with E-state index in [0.717, 1.165) is 38.5 Å². The fraction of sp³-hybridized carbons (Fsp3) is 0.906. The van der Waals surface area contributed by atoms with Gasteiger partial charge < -0.3 is 24.8 Å². The molecular weight excluding hydrogens is 480 g/mol. The highest BCUT2D eigenvalue weighted by Gasteiger charge is 2.68. The second kappa shape index (κ2) is 9.03. The van der Waals surface area contributed by atoms with Crippen LogP contribution in [0.2, 0.25) is 0 Å². The van der Waals surface area contributed by atoms with Gasteiger partial charge >= 0.3 is 5.97 Å². The van der Waals surface area contributed by atoms with Gasteiger partial charge in [-0.1, -0.05) is 46.3 Å².